The summed E-state index contributed by atoms with van der Waals surface area (Å²) in [4.78, 5) is 0. The number of phenols is 6. The molecule has 8 heteroatoms. The maximum atomic E-state index is 11.1. The van der Waals surface area contributed by atoms with Gasteiger partial charge in [0.05, 0.1) is 5.92 Å². The zero-order valence-corrected chi connectivity index (χ0v) is 14.9. The zero-order chi connectivity index (χ0) is 20.9. The van der Waals surface area contributed by atoms with E-state index in [2.05, 4.69) is 0 Å². The van der Waals surface area contributed by atoms with Crippen LogP contribution in [0.2, 0.25) is 0 Å². The first kappa shape index (κ1) is 18.6. The molecule has 3 aromatic rings. The van der Waals surface area contributed by atoms with E-state index in [1.807, 2.05) is 0 Å². The number of aliphatic hydroxyl groups excluding tert-OH is 1. The number of hydrogen-bond acceptors (Lipinski definition) is 8. The largest absolute Gasteiger partial charge is 0.508 e. The Kier molecular flexibility index (Phi) is 4.28. The minimum absolute atomic E-state index is 0.0140. The van der Waals surface area contributed by atoms with Crippen LogP contribution in [-0.4, -0.2) is 41.8 Å². The minimum Gasteiger partial charge on any atom is -0.508 e. The average Bonchev–Trinajstić information content (AvgIpc) is 2.63. The second-order valence-electron chi connectivity index (χ2n) is 6.87. The van der Waals surface area contributed by atoms with Gasteiger partial charge < -0.3 is 40.5 Å². The number of rotatable bonds is 2. The Bertz CT molecular complexity index is 1050. The van der Waals surface area contributed by atoms with Crippen molar-refractivity contribution in [1.29, 1.82) is 0 Å². The number of aromatic hydroxyl groups is 6. The smallest absolute Gasteiger partial charge is 0.150 e. The molecular formula is C21H18O8. The fraction of sp³-hybridized carbons (Fsp3) is 0.143. The third-order valence-corrected chi connectivity index (χ3v) is 4.98. The Hall–Kier alpha value is -3.78. The number of ether oxygens (including phenoxy) is 1. The van der Waals surface area contributed by atoms with Gasteiger partial charge in [0.15, 0.2) is 6.10 Å². The van der Waals surface area contributed by atoms with Crippen LogP contribution in [0.5, 0.6) is 40.2 Å². The summed E-state index contributed by atoms with van der Waals surface area (Å²) in [7, 11) is 0. The Balaban J connectivity index is 1.94. The van der Waals surface area contributed by atoms with Gasteiger partial charge in [-0.2, -0.15) is 0 Å². The molecule has 0 bridgehead atoms. The van der Waals surface area contributed by atoms with Crippen molar-refractivity contribution in [1.82, 2.24) is 0 Å². The lowest BCUT2D eigenvalue weighted by atomic mass is 9.79. The summed E-state index contributed by atoms with van der Waals surface area (Å²) in [6.07, 6.45) is -2.40. The molecule has 3 aromatic carbocycles. The molecular weight excluding hydrogens is 380 g/mol. The van der Waals surface area contributed by atoms with Gasteiger partial charge in [0.2, 0.25) is 0 Å². The molecule has 8 nitrogen and oxygen atoms in total. The molecule has 0 fully saturated rings. The van der Waals surface area contributed by atoms with Crippen molar-refractivity contribution in [2.75, 3.05) is 0 Å². The van der Waals surface area contributed by atoms with E-state index in [0.29, 0.717) is 5.56 Å². The van der Waals surface area contributed by atoms with Crippen LogP contribution in [0.4, 0.5) is 0 Å². The van der Waals surface area contributed by atoms with Crippen LogP contribution < -0.4 is 4.74 Å². The van der Waals surface area contributed by atoms with E-state index in [9.17, 15) is 35.7 Å². The van der Waals surface area contributed by atoms with Gasteiger partial charge in [-0.3, -0.25) is 0 Å². The second kappa shape index (κ2) is 6.68. The van der Waals surface area contributed by atoms with Crippen molar-refractivity contribution in [3.05, 3.63) is 65.2 Å². The Labute approximate surface area is 164 Å². The molecule has 0 amide bonds. The Morgan fingerprint density at radius 2 is 1.14 bits per heavy atom. The van der Waals surface area contributed by atoms with E-state index in [1.165, 1.54) is 30.3 Å². The summed E-state index contributed by atoms with van der Waals surface area (Å²) in [5.74, 6) is -3.13. The van der Waals surface area contributed by atoms with Crippen molar-refractivity contribution in [2.45, 2.75) is 18.1 Å². The molecule has 1 aliphatic rings. The zero-order valence-electron chi connectivity index (χ0n) is 14.9. The molecule has 0 spiro atoms. The van der Waals surface area contributed by atoms with Gasteiger partial charge in [-0.1, -0.05) is 12.1 Å². The maximum absolute atomic E-state index is 11.1. The lowest BCUT2D eigenvalue weighted by Crippen LogP contribution is -2.35. The predicted octanol–water partition coefficient (Wildman–Crippen LogP) is 2.55. The fourth-order valence-electron chi connectivity index (χ4n) is 3.73. The number of aliphatic hydroxyl groups is 1. The van der Waals surface area contributed by atoms with Gasteiger partial charge >= 0.3 is 0 Å². The van der Waals surface area contributed by atoms with E-state index < -0.39 is 35.4 Å². The molecule has 1 aliphatic heterocycles. The number of phenolic OH excluding ortho intramolecular Hbond substituents is 6. The van der Waals surface area contributed by atoms with Crippen molar-refractivity contribution in [3.8, 4) is 40.2 Å². The number of fused-ring (bicyclic) bond motifs is 1. The van der Waals surface area contributed by atoms with E-state index >= 15 is 0 Å². The van der Waals surface area contributed by atoms with Crippen LogP contribution in [-0.2, 0) is 0 Å². The summed E-state index contributed by atoms with van der Waals surface area (Å²) in [5.41, 5.74) is 0.415. The third-order valence-electron chi connectivity index (χ3n) is 4.98. The van der Waals surface area contributed by atoms with E-state index in [0.717, 1.165) is 18.2 Å². The summed E-state index contributed by atoms with van der Waals surface area (Å²) < 4.78 is 5.82. The molecule has 0 saturated heterocycles. The average molecular weight is 398 g/mol. The van der Waals surface area contributed by atoms with Crippen LogP contribution in [0.15, 0.2) is 48.5 Å². The molecule has 150 valence electrons. The molecule has 1 heterocycles. The van der Waals surface area contributed by atoms with Gasteiger partial charge in [0.25, 0.3) is 0 Å². The maximum Gasteiger partial charge on any atom is 0.150 e. The molecule has 0 saturated carbocycles. The summed E-state index contributed by atoms with van der Waals surface area (Å²) >= 11 is 0. The minimum atomic E-state index is -1.39. The summed E-state index contributed by atoms with van der Waals surface area (Å²) in [6.45, 7) is 0. The first-order valence-corrected chi connectivity index (χ1v) is 8.70. The third kappa shape index (κ3) is 3.09. The van der Waals surface area contributed by atoms with Crippen LogP contribution in [0.3, 0.4) is 0 Å². The monoisotopic (exact) mass is 398 g/mol. The lowest BCUT2D eigenvalue weighted by Gasteiger charge is -2.38. The Morgan fingerprint density at radius 1 is 0.621 bits per heavy atom. The SMILES string of the molecule is Oc1ccc([C@H]2Oc3cc(O)cc(O)c3[C@H](c3c(O)cc(O)cc3O)[C@H]2O)cc1. The quantitative estimate of drug-likeness (QED) is 0.348. The van der Waals surface area contributed by atoms with Gasteiger partial charge in [-0.15, -0.1) is 0 Å². The topological polar surface area (TPSA) is 151 Å². The highest BCUT2D eigenvalue weighted by Crippen LogP contribution is 2.54. The highest BCUT2D eigenvalue weighted by molar-refractivity contribution is 5.62. The van der Waals surface area contributed by atoms with Crippen molar-refractivity contribution >= 4 is 0 Å². The second-order valence-corrected chi connectivity index (χ2v) is 6.87. The molecule has 4 rings (SSSR count). The lowest BCUT2D eigenvalue weighted by molar-refractivity contribution is 0.00653. The van der Waals surface area contributed by atoms with Gasteiger partial charge in [-0.05, 0) is 17.7 Å². The molecule has 29 heavy (non-hydrogen) atoms. The standard InChI is InChI=1S/C21H18O8/c22-10-3-1-9(2-4-10)21-20(28)19(17-13(25)5-11(23)6-14(17)26)18-15(27)7-12(24)8-16(18)29-21/h1-8,19-28H/t19-,20+,21+/m0/s1. The molecule has 7 N–H and O–H groups in total. The van der Waals surface area contributed by atoms with Crippen LogP contribution in [0, 0.1) is 0 Å². The summed E-state index contributed by atoms with van der Waals surface area (Å²) in [6, 6.07) is 10.2. The van der Waals surface area contributed by atoms with E-state index in [1.54, 1.807) is 0 Å². The van der Waals surface area contributed by atoms with Gasteiger partial charge in [0, 0.05) is 35.4 Å². The number of benzene rings is 3. The molecule has 0 aliphatic carbocycles. The molecule has 0 aromatic heterocycles. The van der Waals surface area contributed by atoms with E-state index in [-0.39, 0.29) is 34.1 Å². The first-order valence-electron chi connectivity index (χ1n) is 8.70. The first-order chi connectivity index (χ1) is 13.8. The Morgan fingerprint density at radius 3 is 1.72 bits per heavy atom. The highest BCUT2D eigenvalue weighted by Gasteiger charge is 2.43. The van der Waals surface area contributed by atoms with Gasteiger partial charge in [0.1, 0.15) is 46.4 Å². The van der Waals surface area contributed by atoms with Crippen LogP contribution >= 0.6 is 0 Å². The van der Waals surface area contributed by atoms with Crippen LogP contribution in [0.25, 0.3) is 0 Å². The van der Waals surface area contributed by atoms with E-state index in [4.69, 9.17) is 4.74 Å². The normalized spacial score (nSPS) is 20.7. The van der Waals surface area contributed by atoms with Crippen LogP contribution in [0.1, 0.15) is 28.7 Å². The molecule has 3 atom stereocenters. The highest BCUT2D eigenvalue weighted by atomic mass is 16.5. The van der Waals surface area contributed by atoms with Crippen molar-refractivity contribution in [3.63, 3.8) is 0 Å². The van der Waals surface area contributed by atoms with Crippen molar-refractivity contribution in [2.24, 2.45) is 0 Å². The predicted molar refractivity (Wildman–Crippen MR) is 101 cm³/mol. The van der Waals surface area contributed by atoms with Crippen molar-refractivity contribution < 1.29 is 40.5 Å². The van der Waals surface area contributed by atoms with Gasteiger partial charge in [-0.25, -0.2) is 0 Å². The molecule has 0 unspecified atom stereocenters. The number of hydrogen-bond donors (Lipinski definition) is 7. The summed E-state index contributed by atoms with van der Waals surface area (Å²) in [5, 5.41) is 71.3. The molecule has 0 radical (unpaired) electrons. The fourth-order valence-corrected chi connectivity index (χ4v) is 3.73.